The minimum atomic E-state index is -1.18. The molecule has 0 unspecified atom stereocenters. The van der Waals surface area contributed by atoms with Crippen LogP contribution in [-0.4, -0.2) is 52.7 Å². The van der Waals surface area contributed by atoms with Crippen LogP contribution in [0.3, 0.4) is 0 Å². The Morgan fingerprint density at radius 1 is 1.15 bits per heavy atom. The zero-order valence-electron chi connectivity index (χ0n) is 18.3. The molecule has 0 spiro atoms. The number of hydrogen-bond acceptors (Lipinski definition) is 6. The summed E-state index contributed by atoms with van der Waals surface area (Å²) in [6.45, 7) is 1.05. The Bertz CT molecular complexity index is 1260. The van der Waals surface area contributed by atoms with Gasteiger partial charge >= 0.3 is 12.1 Å². The zero-order chi connectivity index (χ0) is 24.2. The van der Waals surface area contributed by atoms with Crippen molar-refractivity contribution in [3.63, 3.8) is 0 Å². The number of rotatable bonds is 7. The first-order chi connectivity index (χ1) is 16.4. The molecule has 1 aliphatic rings. The van der Waals surface area contributed by atoms with E-state index in [4.69, 9.17) is 16.3 Å². The number of carbonyl (C=O) groups is 3. The third-order valence-electron chi connectivity index (χ3n) is 5.44. The molecule has 1 aliphatic carbocycles. The van der Waals surface area contributed by atoms with E-state index in [-0.39, 0.29) is 29.1 Å². The van der Waals surface area contributed by atoms with Gasteiger partial charge in [0.15, 0.2) is 5.13 Å². The summed E-state index contributed by atoms with van der Waals surface area (Å²) < 4.78 is 5.51. The number of nitrogens with one attached hydrogen (secondary N) is 1. The molecule has 0 radical (unpaired) electrons. The van der Waals surface area contributed by atoms with Gasteiger partial charge in [-0.25, -0.2) is 9.78 Å². The van der Waals surface area contributed by atoms with Crippen molar-refractivity contribution in [3.8, 4) is 23.5 Å². The lowest BCUT2D eigenvalue weighted by atomic mass is 9.98. The maximum Gasteiger partial charge on any atom is 0.413 e. The van der Waals surface area contributed by atoms with Crippen molar-refractivity contribution < 1.29 is 24.2 Å². The number of carboxylic acid groups (broad SMARTS) is 1. The Morgan fingerprint density at radius 2 is 1.76 bits per heavy atom. The Balaban J connectivity index is 1.43. The Labute approximate surface area is 200 Å². The monoisotopic (exact) mass is 475 g/mol. The fourth-order valence-electron chi connectivity index (χ4n) is 3.99. The topological polar surface area (TPSA) is 109 Å². The van der Waals surface area contributed by atoms with Crippen molar-refractivity contribution in [2.45, 2.75) is 12.8 Å². The van der Waals surface area contributed by atoms with Gasteiger partial charge in [-0.15, -0.1) is 6.42 Å². The van der Waals surface area contributed by atoms with Gasteiger partial charge in [-0.05, 0) is 29.2 Å². The van der Waals surface area contributed by atoms with Crippen LogP contribution in [0.2, 0.25) is 0 Å². The summed E-state index contributed by atoms with van der Waals surface area (Å²) in [5.41, 5.74) is 4.81. The second-order valence-electron chi connectivity index (χ2n) is 7.64. The van der Waals surface area contributed by atoms with Crippen LogP contribution in [0.4, 0.5) is 9.93 Å². The molecule has 0 atom stereocenters. The third-order valence-corrected chi connectivity index (χ3v) is 6.50. The summed E-state index contributed by atoms with van der Waals surface area (Å²) >= 11 is 0.937. The van der Waals surface area contributed by atoms with Gasteiger partial charge < -0.3 is 14.7 Å². The smallest absolute Gasteiger partial charge is 0.413 e. The molecule has 8 nitrogen and oxygen atoms in total. The molecule has 4 rings (SSSR count). The number of terminal acetylenes is 1. The average molecular weight is 476 g/mol. The molecule has 0 fully saturated rings. The molecule has 0 saturated heterocycles. The summed E-state index contributed by atoms with van der Waals surface area (Å²) in [5.74, 6) is 0.457. The first kappa shape index (κ1) is 23.0. The van der Waals surface area contributed by atoms with Crippen LogP contribution < -0.4 is 5.32 Å². The number of anilines is 1. The number of aryl methyl sites for hydroxylation is 1. The summed E-state index contributed by atoms with van der Waals surface area (Å²) in [6, 6.07) is 16.1. The van der Waals surface area contributed by atoms with E-state index in [0.29, 0.717) is 5.69 Å². The lowest BCUT2D eigenvalue weighted by Crippen LogP contribution is -2.35. The van der Waals surface area contributed by atoms with E-state index in [0.717, 1.165) is 38.5 Å². The van der Waals surface area contributed by atoms with E-state index in [2.05, 4.69) is 28.4 Å². The van der Waals surface area contributed by atoms with Gasteiger partial charge in [0.1, 0.15) is 18.0 Å². The number of aromatic nitrogens is 1. The summed E-state index contributed by atoms with van der Waals surface area (Å²) in [5, 5.41) is 11.8. The lowest BCUT2D eigenvalue weighted by Gasteiger charge is -2.16. The summed E-state index contributed by atoms with van der Waals surface area (Å²) in [6.07, 6.45) is 4.56. The minimum Gasteiger partial charge on any atom is -0.480 e. The lowest BCUT2D eigenvalue weighted by molar-refractivity contribution is -0.137. The minimum absolute atomic E-state index is 0.0818. The number of fused-ring (bicyclic) bond motifs is 3. The first-order valence-electron chi connectivity index (χ1n) is 10.4. The quantitative estimate of drug-likeness (QED) is 0.501. The highest BCUT2D eigenvalue weighted by atomic mass is 32.1. The second-order valence-corrected chi connectivity index (χ2v) is 8.64. The molecular weight excluding hydrogens is 454 g/mol. The molecule has 0 aliphatic heterocycles. The fourth-order valence-corrected chi connectivity index (χ4v) is 4.91. The molecule has 1 aromatic heterocycles. The number of ether oxygens (including phenoxy) is 1. The van der Waals surface area contributed by atoms with Crippen LogP contribution in [0.25, 0.3) is 11.1 Å². The maximum atomic E-state index is 12.7. The Morgan fingerprint density at radius 3 is 2.35 bits per heavy atom. The zero-order valence-corrected chi connectivity index (χ0v) is 19.1. The third kappa shape index (κ3) is 4.63. The predicted molar refractivity (Wildman–Crippen MR) is 128 cm³/mol. The number of aliphatic carboxylic acids is 1. The summed E-state index contributed by atoms with van der Waals surface area (Å²) in [7, 11) is 0. The number of thiazole rings is 1. The Hall–Kier alpha value is -4.16. The highest BCUT2D eigenvalue weighted by Gasteiger charge is 2.29. The van der Waals surface area contributed by atoms with Crippen LogP contribution in [0.15, 0.2) is 48.5 Å². The van der Waals surface area contributed by atoms with Crippen molar-refractivity contribution in [3.05, 3.63) is 70.2 Å². The van der Waals surface area contributed by atoms with Gasteiger partial charge in [-0.3, -0.25) is 14.9 Å². The van der Waals surface area contributed by atoms with Gasteiger partial charge in [-0.1, -0.05) is 65.8 Å². The van der Waals surface area contributed by atoms with Crippen LogP contribution >= 0.6 is 11.3 Å². The number of carboxylic acids is 1. The van der Waals surface area contributed by atoms with Crippen molar-refractivity contribution in [2.24, 2.45) is 0 Å². The SMILES string of the molecule is C#CCN(CC(=O)O)C(=O)c1sc(NC(=O)OCC2c3ccccc3-c3ccccc32)nc1C. The molecule has 2 aromatic carbocycles. The van der Waals surface area contributed by atoms with Crippen molar-refractivity contribution in [1.82, 2.24) is 9.88 Å². The standard InChI is InChI=1S/C25H21N3O5S/c1-3-12-28(13-21(29)30)23(31)22-15(2)26-24(34-22)27-25(32)33-14-20-18-10-6-4-8-16(18)17-9-5-7-11-19(17)20/h1,4-11,20H,12-14H2,2H3,(H,29,30)(H,26,27,32). The van der Waals surface area contributed by atoms with Crippen LogP contribution in [0.5, 0.6) is 0 Å². The van der Waals surface area contributed by atoms with E-state index < -0.39 is 24.5 Å². The molecule has 2 N–H and O–H groups in total. The van der Waals surface area contributed by atoms with E-state index in [1.54, 1.807) is 6.92 Å². The van der Waals surface area contributed by atoms with E-state index >= 15 is 0 Å². The van der Waals surface area contributed by atoms with Crippen LogP contribution in [0.1, 0.15) is 32.4 Å². The van der Waals surface area contributed by atoms with Crippen LogP contribution in [0, 0.1) is 19.3 Å². The molecule has 0 saturated carbocycles. The number of hydrogen-bond donors (Lipinski definition) is 2. The average Bonchev–Trinajstić information content (AvgIpc) is 3.34. The number of benzene rings is 2. The normalized spacial score (nSPS) is 11.8. The summed E-state index contributed by atoms with van der Waals surface area (Å²) in [4.78, 5) is 41.7. The largest absolute Gasteiger partial charge is 0.480 e. The Kier molecular flexibility index (Phi) is 6.61. The molecule has 2 amide bonds. The van der Waals surface area contributed by atoms with Gasteiger partial charge in [0.05, 0.1) is 12.2 Å². The molecular formula is C25H21N3O5S. The van der Waals surface area contributed by atoms with E-state index in [1.807, 2.05) is 36.4 Å². The van der Waals surface area contributed by atoms with Gasteiger partial charge in [0.25, 0.3) is 5.91 Å². The fraction of sp³-hybridized carbons (Fsp3) is 0.200. The van der Waals surface area contributed by atoms with E-state index in [9.17, 15) is 14.4 Å². The maximum absolute atomic E-state index is 12.7. The van der Waals surface area contributed by atoms with Gasteiger partial charge in [0, 0.05) is 5.92 Å². The highest BCUT2D eigenvalue weighted by Crippen LogP contribution is 2.44. The van der Waals surface area contributed by atoms with Crippen molar-refractivity contribution >= 4 is 34.4 Å². The van der Waals surface area contributed by atoms with Gasteiger partial charge in [-0.2, -0.15) is 0 Å². The molecule has 9 heteroatoms. The molecule has 34 heavy (non-hydrogen) atoms. The number of carbonyl (C=O) groups excluding carboxylic acids is 2. The first-order valence-corrected chi connectivity index (χ1v) is 11.2. The second kappa shape index (κ2) is 9.77. The van der Waals surface area contributed by atoms with Crippen LogP contribution in [-0.2, 0) is 9.53 Å². The van der Waals surface area contributed by atoms with Crippen molar-refractivity contribution in [1.29, 1.82) is 0 Å². The van der Waals surface area contributed by atoms with E-state index in [1.165, 1.54) is 0 Å². The van der Waals surface area contributed by atoms with Gasteiger partial charge in [0.2, 0.25) is 0 Å². The highest BCUT2D eigenvalue weighted by molar-refractivity contribution is 7.17. The van der Waals surface area contributed by atoms with Crippen molar-refractivity contribution in [2.75, 3.05) is 25.0 Å². The molecule has 3 aromatic rings. The molecule has 172 valence electrons. The predicted octanol–water partition coefficient (Wildman–Crippen LogP) is 3.97. The number of amides is 2. The number of nitrogens with zero attached hydrogens (tertiary/aromatic N) is 2. The molecule has 1 heterocycles. The molecule has 0 bridgehead atoms.